The van der Waals surface area contributed by atoms with Crippen molar-refractivity contribution in [2.24, 2.45) is 0 Å². The smallest absolute Gasteiger partial charge is 0.329 e. The second kappa shape index (κ2) is 7.23. The molecule has 0 saturated carbocycles. The van der Waals surface area contributed by atoms with E-state index in [4.69, 9.17) is 5.11 Å². The maximum Gasteiger partial charge on any atom is 0.329 e. The van der Waals surface area contributed by atoms with Crippen molar-refractivity contribution < 1.29 is 23.9 Å². The molecule has 2 heterocycles. The normalized spacial score (nSPS) is 15.3. The summed E-state index contributed by atoms with van der Waals surface area (Å²) in [5.41, 5.74) is 2.04. The number of fused-ring (bicyclic) bond motifs is 1. The lowest BCUT2D eigenvalue weighted by Gasteiger charge is -2.11. The summed E-state index contributed by atoms with van der Waals surface area (Å²) >= 11 is 0. The van der Waals surface area contributed by atoms with Gasteiger partial charge in [0.15, 0.2) is 0 Å². The minimum absolute atomic E-state index is 0.0169. The van der Waals surface area contributed by atoms with Gasteiger partial charge in [-0.1, -0.05) is 30.3 Å². The molecule has 0 aliphatic carbocycles. The van der Waals surface area contributed by atoms with E-state index in [-0.39, 0.29) is 18.8 Å². The molecule has 146 valence electrons. The molecular weight excluding hydrogens is 377 g/mol. The Hall–Kier alpha value is -3.94. The van der Waals surface area contributed by atoms with E-state index in [0.717, 1.165) is 10.3 Å². The van der Waals surface area contributed by atoms with Gasteiger partial charge in [0, 0.05) is 22.7 Å². The van der Waals surface area contributed by atoms with Gasteiger partial charge in [-0.25, -0.2) is 9.18 Å². The SMILES string of the molecule is O=C(O)Cn1cc(C=C2NC(=O)N(Cc3ccc(F)cc3)C2=O)c2ccccc21. The molecule has 2 aromatic carbocycles. The third kappa shape index (κ3) is 3.60. The standard InChI is InChI=1S/C21H16FN3O4/c22-15-7-5-13(6-8-15)10-25-20(28)17(23-21(25)29)9-14-11-24(12-19(26)27)18-4-2-1-3-16(14)18/h1-9,11H,10,12H2,(H,23,29)(H,26,27). The number of urea groups is 1. The van der Waals surface area contributed by atoms with E-state index >= 15 is 0 Å². The first-order valence-electron chi connectivity index (χ1n) is 8.81. The molecule has 0 bridgehead atoms. The Balaban J connectivity index is 1.65. The number of imide groups is 1. The van der Waals surface area contributed by atoms with Gasteiger partial charge in [-0.3, -0.25) is 14.5 Å². The second-order valence-corrected chi connectivity index (χ2v) is 6.63. The summed E-state index contributed by atoms with van der Waals surface area (Å²) in [6, 6.07) is 12.2. The molecule has 29 heavy (non-hydrogen) atoms. The fourth-order valence-electron chi connectivity index (χ4n) is 3.31. The average Bonchev–Trinajstić information content (AvgIpc) is 3.16. The van der Waals surface area contributed by atoms with Gasteiger partial charge in [-0.05, 0) is 29.8 Å². The summed E-state index contributed by atoms with van der Waals surface area (Å²) in [6.45, 7) is -0.205. The molecule has 1 saturated heterocycles. The molecule has 1 fully saturated rings. The van der Waals surface area contributed by atoms with Crippen LogP contribution in [-0.4, -0.2) is 32.5 Å². The molecule has 1 aromatic heterocycles. The summed E-state index contributed by atoms with van der Waals surface area (Å²) in [5.74, 6) is -1.89. The van der Waals surface area contributed by atoms with E-state index in [9.17, 15) is 18.8 Å². The lowest BCUT2D eigenvalue weighted by atomic mass is 10.1. The molecular formula is C21H16FN3O4. The number of carbonyl (C=O) groups is 3. The quantitative estimate of drug-likeness (QED) is 0.515. The number of aliphatic carboxylic acids is 1. The predicted molar refractivity (Wildman–Crippen MR) is 103 cm³/mol. The molecule has 3 aromatic rings. The number of benzene rings is 2. The average molecular weight is 393 g/mol. The van der Waals surface area contributed by atoms with Crippen LogP contribution in [0.15, 0.2) is 60.4 Å². The van der Waals surface area contributed by atoms with E-state index in [1.807, 2.05) is 12.1 Å². The van der Waals surface area contributed by atoms with Crippen LogP contribution in [0.25, 0.3) is 17.0 Å². The van der Waals surface area contributed by atoms with Crippen molar-refractivity contribution in [3.63, 3.8) is 0 Å². The number of rotatable bonds is 5. The molecule has 2 N–H and O–H groups in total. The largest absolute Gasteiger partial charge is 0.480 e. The fraction of sp³-hybridized carbons (Fsp3) is 0.0952. The number of amides is 3. The van der Waals surface area contributed by atoms with Gasteiger partial charge in [0.05, 0.1) is 6.54 Å². The minimum atomic E-state index is -0.985. The van der Waals surface area contributed by atoms with E-state index in [1.54, 1.807) is 22.9 Å². The van der Waals surface area contributed by atoms with Crippen LogP contribution in [0.5, 0.6) is 0 Å². The molecule has 3 amide bonds. The van der Waals surface area contributed by atoms with Crippen LogP contribution in [-0.2, 0) is 22.7 Å². The van der Waals surface area contributed by atoms with Crippen LogP contribution < -0.4 is 5.32 Å². The number of carboxylic acid groups (broad SMARTS) is 1. The highest BCUT2D eigenvalue weighted by Crippen LogP contribution is 2.25. The number of aromatic nitrogens is 1. The van der Waals surface area contributed by atoms with Crippen LogP contribution in [0.2, 0.25) is 0 Å². The van der Waals surface area contributed by atoms with Crippen LogP contribution in [0.4, 0.5) is 9.18 Å². The van der Waals surface area contributed by atoms with Gasteiger partial charge in [-0.2, -0.15) is 0 Å². The maximum atomic E-state index is 13.1. The van der Waals surface area contributed by atoms with Crippen LogP contribution in [0.1, 0.15) is 11.1 Å². The number of nitrogens with zero attached hydrogens (tertiary/aromatic N) is 2. The Kier molecular flexibility index (Phi) is 4.59. The molecule has 0 unspecified atom stereocenters. The monoisotopic (exact) mass is 393 g/mol. The Morgan fingerprint density at radius 3 is 2.55 bits per heavy atom. The van der Waals surface area contributed by atoms with Crippen molar-refractivity contribution in [3.8, 4) is 0 Å². The van der Waals surface area contributed by atoms with Crippen LogP contribution in [0.3, 0.4) is 0 Å². The van der Waals surface area contributed by atoms with Crippen molar-refractivity contribution in [3.05, 3.63) is 77.4 Å². The second-order valence-electron chi connectivity index (χ2n) is 6.63. The van der Waals surface area contributed by atoms with Gasteiger partial charge < -0.3 is 15.0 Å². The molecule has 4 rings (SSSR count). The maximum absolute atomic E-state index is 13.1. The molecule has 1 aliphatic rings. The van der Waals surface area contributed by atoms with E-state index in [2.05, 4.69) is 5.32 Å². The summed E-state index contributed by atoms with van der Waals surface area (Å²) < 4.78 is 14.6. The van der Waals surface area contributed by atoms with Crippen molar-refractivity contribution in [1.82, 2.24) is 14.8 Å². The summed E-state index contributed by atoms with van der Waals surface area (Å²) in [6.07, 6.45) is 3.17. The number of hydrogen-bond donors (Lipinski definition) is 2. The Morgan fingerprint density at radius 2 is 1.83 bits per heavy atom. The van der Waals surface area contributed by atoms with Gasteiger partial charge in [-0.15, -0.1) is 0 Å². The first-order valence-corrected chi connectivity index (χ1v) is 8.81. The van der Waals surface area contributed by atoms with E-state index in [0.29, 0.717) is 16.6 Å². The van der Waals surface area contributed by atoms with E-state index in [1.165, 1.54) is 30.3 Å². The summed E-state index contributed by atoms with van der Waals surface area (Å²) in [4.78, 5) is 37.1. The first kappa shape index (κ1) is 18.4. The van der Waals surface area contributed by atoms with Crippen molar-refractivity contribution in [1.29, 1.82) is 0 Å². The van der Waals surface area contributed by atoms with Crippen molar-refractivity contribution in [2.45, 2.75) is 13.1 Å². The fourth-order valence-corrected chi connectivity index (χ4v) is 3.31. The first-order chi connectivity index (χ1) is 13.9. The Labute approximate surface area is 164 Å². The van der Waals surface area contributed by atoms with Crippen molar-refractivity contribution in [2.75, 3.05) is 0 Å². The predicted octanol–water partition coefficient (Wildman–Crippen LogP) is 2.96. The number of carbonyl (C=O) groups excluding carboxylic acids is 2. The number of nitrogens with one attached hydrogen (secondary N) is 1. The van der Waals surface area contributed by atoms with Crippen LogP contribution in [0, 0.1) is 5.82 Å². The zero-order valence-corrected chi connectivity index (χ0v) is 15.1. The molecule has 7 nitrogen and oxygen atoms in total. The highest BCUT2D eigenvalue weighted by Gasteiger charge is 2.33. The number of hydrogen-bond acceptors (Lipinski definition) is 3. The number of carboxylic acids is 1. The van der Waals surface area contributed by atoms with Gasteiger partial charge >= 0.3 is 12.0 Å². The zero-order valence-electron chi connectivity index (χ0n) is 15.1. The number of para-hydroxylation sites is 1. The van der Waals surface area contributed by atoms with Crippen molar-refractivity contribution >= 4 is 34.9 Å². The van der Waals surface area contributed by atoms with Crippen LogP contribution >= 0.6 is 0 Å². The highest BCUT2D eigenvalue weighted by molar-refractivity contribution is 6.14. The molecule has 0 radical (unpaired) electrons. The third-order valence-corrected chi connectivity index (χ3v) is 4.64. The lowest BCUT2D eigenvalue weighted by Crippen LogP contribution is -2.30. The summed E-state index contributed by atoms with van der Waals surface area (Å²) in [5, 5.41) is 12.4. The Morgan fingerprint density at radius 1 is 1.10 bits per heavy atom. The lowest BCUT2D eigenvalue weighted by molar-refractivity contribution is -0.137. The van der Waals surface area contributed by atoms with Gasteiger partial charge in [0.2, 0.25) is 0 Å². The molecule has 8 heteroatoms. The summed E-state index contributed by atoms with van der Waals surface area (Å²) in [7, 11) is 0. The molecule has 0 atom stereocenters. The molecule has 0 spiro atoms. The topological polar surface area (TPSA) is 91.6 Å². The van der Waals surface area contributed by atoms with Gasteiger partial charge in [0.1, 0.15) is 18.1 Å². The number of halogens is 1. The van der Waals surface area contributed by atoms with Gasteiger partial charge in [0.25, 0.3) is 5.91 Å². The zero-order chi connectivity index (χ0) is 20.5. The third-order valence-electron chi connectivity index (χ3n) is 4.64. The minimum Gasteiger partial charge on any atom is -0.480 e. The Bertz CT molecular complexity index is 1160. The molecule has 1 aliphatic heterocycles. The highest BCUT2D eigenvalue weighted by atomic mass is 19.1. The van der Waals surface area contributed by atoms with E-state index < -0.39 is 23.7 Å².